The molecule has 4 rings (SSSR count). The molecule has 0 amide bonds. The smallest absolute Gasteiger partial charge is 0.160 e. The SMILES string of the molecule is CN(C)c1ccc(-c2nc(-c3ccccc3)c3ccccc3n2)cc1. The summed E-state index contributed by atoms with van der Waals surface area (Å²) in [6.07, 6.45) is 0. The van der Waals surface area contributed by atoms with E-state index in [2.05, 4.69) is 47.4 Å². The van der Waals surface area contributed by atoms with E-state index in [0.29, 0.717) is 0 Å². The number of benzene rings is 3. The van der Waals surface area contributed by atoms with Crippen LogP contribution in [0.25, 0.3) is 33.5 Å². The Morgan fingerprint density at radius 2 is 1.32 bits per heavy atom. The highest BCUT2D eigenvalue weighted by Crippen LogP contribution is 2.29. The monoisotopic (exact) mass is 325 g/mol. The van der Waals surface area contributed by atoms with E-state index in [0.717, 1.165) is 39.2 Å². The Labute approximate surface area is 147 Å². The lowest BCUT2D eigenvalue weighted by atomic mass is 10.1. The van der Waals surface area contributed by atoms with Gasteiger partial charge in [0.1, 0.15) is 0 Å². The van der Waals surface area contributed by atoms with E-state index in [1.54, 1.807) is 0 Å². The van der Waals surface area contributed by atoms with Gasteiger partial charge in [-0.05, 0) is 30.3 Å². The van der Waals surface area contributed by atoms with Crippen molar-refractivity contribution in [3.05, 3.63) is 78.9 Å². The maximum absolute atomic E-state index is 4.89. The second-order valence-corrected chi connectivity index (χ2v) is 6.22. The highest BCUT2D eigenvalue weighted by atomic mass is 15.1. The van der Waals surface area contributed by atoms with Gasteiger partial charge < -0.3 is 4.90 Å². The molecule has 0 N–H and O–H groups in total. The summed E-state index contributed by atoms with van der Waals surface area (Å²) >= 11 is 0. The normalized spacial score (nSPS) is 10.8. The quantitative estimate of drug-likeness (QED) is 0.529. The Morgan fingerprint density at radius 1 is 0.640 bits per heavy atom. The summed E-state index contributed by atoms with van der Waals surface area (Å²) in [6, 6.07) is 26.8. The highest BCUT2D eigenvalue weighted by Gasteiger charge is 2.11. The van der Waals surface area contributed by atoms with Crippen LogP contribution in [0.15, 0.2) is 78.9 Å². The lowest BCUT2D eigenvalue weighted by Crippen LogP contribution is -2.08. The predicted octanol–water partition coefficient (Wildman–Crippen LogP) is 5.03. The molecule has 0 saturated carbocycles. The molecule has 1 heterocycles. The number of nitrogens with zero attached hydrogens (tertiary/aromatic N) is 3. The van der Waals surface area contributed by atoms with Crippen LogP contribution in [-0.2, 0) is 0 Å². The van der Waals surface area contributed by atoms with Gasteiger partial charge in [0.15, 0.2) is 5.82 Å². The molecule has 3 aromatic carbocycles. The largest absolute Gasteiger partial charge is 0.378 e. The molecule has 0 aliphatic carbocycles. The van der Waals surface area contributed by atoms with Crippen molar-refractivity contribution in [2.75, 3.05) is 19.0 Å². The maximum Gasteiger partial charge on any atom is 0.160 e. The van der Waals surface area contributed by atoms with Crippen LogP contribution in [0.3, 0.4) is 0 Å². The van der Waals surface area contributed by atoms with E-state index in [1.807, 2.05) is 50.5 Å². The predicted molar refractivity (Wildman–Crippen MR) is 105 cm³/mol. The minimum absolute atomic E-state index is 0.753. The second kappa shape index (κ2) is 6.36. The lowest BCUT2D eigenvalue weighted by molar-refractivity contribution is 1.13. The Balaban J connectivity index is 1.91. The molecule has 0 saturated heterocycles. The molecule has 0 radical (unpaired) electrons. The summed E-state index contributed by atoms with van der Waals surface area (Å²) < 4.78 is 0. The zero-order chi connectivity index (χ0) is 17.2. The van der Waals surface area contributed by atoms with Gasteiger partial charge in [-0.25, -0.2) is 9.97 Å². The first-order valence-electron chi connectivity index (χ1n) is 8.32. The summed E-state index contributed by atoms with van der Waals surface area (Å²) in [7, 11) is 4.07. The number of hydrogen-bond acceptors (Lipinski definition) is 3. The standard InChI is InChI=1S/C22H19N3/c1-25(2)18-14-12-17(13-15-18)22-23-20-11-7-6-10-19(20)21(24-22)16-8-4-3-5-9-16/h3-15H,1-2H3. The average Bonchev–Trinajstić information content (AvgIpc) is 2.68. The Kier molecular flexibility index (Phi) is 3.90. The van der Waals surface area contributed by atoms with Gasteiger partial charge in [-0.3, -0.25) is 0 Å². The van der Waals surface area contributed by atoms with Crippen molar-refractivity contribution in [2.24, 2.45) is 0 Å². The van der Waals surface area contributed by atoms with Crippen LogP contribution in [0.1, 0.15) is 0 Å². The van der Waals surface area contributed by atoms with Crippen LogP contribution >= 0.6 is 0 Å². The summed E-state index contributed by atoms with van der Waals surface area (Å²) in [5, 5.41) is 1.07. The number of aromatic nitrogens is 2. The zero-order valence-electron chi connectivity index (χ0n) is 14.3. The number of anilines is 1. The maximum atomic E-state index is 4.89. The van der Waals surface area contributed by atoms with Crippen molar-refractivity contribution in [3.63, 3.8) is 0 Å². The molecule has 0 aliphatic heterocycles. The van der Waals surface area contributed by atoms with Crippen molar-refractivity contribution in [1.82, 2.24) is 9.97 Å². The third-order valence-corrected chi connectivity index (χ3v) is 4.29. The van der Waals surface area contributed by atoms with Crippen molar-refractivity contribution in [2.45, 2.75) is 0 Å². The molecule has 0 fully saturated rings. The molecule has 25 heavy (non-hydrogen) atoms. The number of rotatable bonds is 3. The third-order valence-electron chi connectivity index (χ3n) is 4.29. The van der Waals surface area contributed by atoms with Crippen molar-refractivity contribution in [1.29, 1.82) is 0 Å². The van der Waals surface area contributed by atoms with Crippen LogP contribution in [0.4, 0.5) is 5.69 Å². The van der Waals surface area contributed by atoms with Gasteiger partial charge in [-0.1, -0.05) is 48.5 Å². The fourth-order valence-electron chi connectivity index (χ4n) is 2.93. The molecule has 0 bridgehead atoms. The van der Waals surface area contributed by atoms with E-state index >= 15 is 0 Å². The van der Waals surface area contributed by atoms with Crippen molar-refractivity contribution < 1.29 is 0 Å². The fraction of sp³-hybridized carbons (Fsp3) is 0.0909. The van der Waals surface area contributed by atoms with E-state index in [-0.39, 0.29) is 0 Å². The van der Waals surface area contributed by atoms with Gasteiger partial charge >= 0.3 is 0 Å². The molecule has 0 aliphatic rings. The molecule has 0 unspecified atom stereocenters. The first-order valence-corrected chi connectivity index (χ1v) is 8.32. The Bertz CT molecular complexity index is 1010. The Hall–Kier alpha value is -3.20. The number of fused-ring (bicyclic) bond motifs is 1. The van der Waals surface area contributed by atoms with E-state index in [9.17, 15) is 0 Å². The van der Waals surface area contributed by atoms with Gasteiger partial charge in [0, 0.05) is 36.3 Å². The van der Waals surface area contributed by atoms with Crippen LogP contribution in [-0.4, -0.2) is 24.1 Å². The topological polar surface area (TPSA) is 29.0 Å². The summed E-state index contributed by atoms with van der Waals surface area (Å²) in [6.45, 7) is 0. The van der Waals surface area contributed by atoms with E-state index < -0.39 is 0 Å². The zero-order valence-corrected chi connectivity index (χ0v) is 14.3. The van der Waals surface area contributed by atoms with Gasteiger partial charge in [0.05, 0.1) is 11.2 Å². The number of hydrogen-bond donors (Lipinski definition) is 0. The number of para-hydroxylation sites is 1. The fourth-order valence-corrected chi connectivity index (χ4v) is 2.93. The second-order valence-electron chi connectivity index (χ2n) is 6.22. The minimum Gasteiger partial charge on any atom is -0.378 e. The first-order chi connectivity index (χ1) is 12.2. The molecule has 122 valence electrons. The molecular formula is C22H19N3. The molecular weight excluding hydrogens is 306 g/mol. The van der Waals surface area contributed by atoms with Gasteiger partial charge in [0.25, 0.3) is 0 Å². The van der Waals surface area contributed by atoms with Crippen molar-refractivity contribution >= 4 is 16.6 Å². The molecule has 3 heteroatoms. The molecule has 1 aromatic heterocycles. The summed E-state index contributed by atoms with van der Waals surface area (Å²) in [5.41, 5.74) is 5.22. The van der Waals surface area contributed by atoms with Crippen LogP contribution in [0, 0.1) is 0 Å². The molecule has 4 aromatic rings. The molecule has 0 spiro atoms. The van der Waals surface area contributed by atoms with Gasteiger partial charge in [-0.2, -0.15) is 0 Å². The summed E-state index contributed by atoms with van der Waals surface area (Å²) in [4.78, 5) is 11.8. The average molecular weight is 325 g/mol. The Morgan fingerprint density at radius 3 is 2.04 bits per heavy atom. The minimum atomic E-state index is 0.753. The lowest BCUT2D eigenvalue weighted by Gasteiger charge is -2.13. The molecule has 0 atom stereocenters. The van der Waals surface area contributed by atoms with Gasteiger partial charge in [-0.15, -0.1) is 0 Å². The highest BCUT2D eigenvalue weighted by molar-refractivity contribution is 5.93. The van der Waals surface area contributed by atoms with Crippen LogP contribution in [0.5, 0.6) is 0 Å². The van der Waals surface area contributed by atoms with E-state index in [1.165, 1.54) is 0 Å². The van der Waals surface area contributed by atoms with Crippen LogP contribution in [0.2, 0.25) is 0 Å². The van der Waals surface area contributed by atoms with Crippen LogP contribution < -0.4 is 4.90 Å². The van der Waals surface area contributed by atoms with E-state index in [4.69, 9.17) is 9.97 Å². The molecule has 3 nitrogen and oxygen atoms in total. The van der Waals surface area contributed by atoms with Crippen molar-refractivity contribution in [3.8, 4) is 22.6 Å². The summed E-state index contributed by atoms with van der Waals surface area (Å²) in [5.74, 6) is 0.753. The third kappa shape index (κ3) is 2.96. The van der Waals surface area contributed by atoms with Gasteiger partial charge in [0.2, 0.25) is 0 Å². The first kappa shape index (κ1) is 15.3.